The molecular formula is C14H22ClNO3. The minimum Gasteiger partial charge on any atom is -0.493 e. The van der Waals surface area contributed by atoms with Crippen LogP contribution in [0.1, 0.15) is 25.8 Å². The van der Waals surface area contributed by atoms with E-state index in [1.807, 2.05) is 20.0 Å². The number of methoxy groups -OCH3 is 1. The molecule has 108 valence electrons. The first-order valence-electron chi connectivity index (χ1n) is 6.29. The van der Waals surface area contributed by atoms with Gasteiger partial charge in [0.05, 0.1) is 12.7 Å². The van der Waals surface area contributed by atoms with Crippen molar-refractivity contribution in [1.29, 1.82) is 0 Å². The van der Waals surface area contributed by atoms with E-state index in [2.05, 4.69) is 5.32 Å². The lowest BCUT2D eigenvalue weighted by molar-refractivity contribution is 0.00744. The molecule has 0 saturated carbocycles. The SMILES string of the molecule is CCC(C)(O)COc1c(CNC)cc(Cl)cc1OC. The highest BCUT2D eigenvalue weighted by Crippen LogP contribution is 2.35. The van der Waals surface area contributed by atoms with Crippen LogP contribution in [0, 0.1) is 0 Å². The van der Waals surface area contributed by atoms with Gasteiger partial charge in [-0.25, -0.2) is 0 Å². The van der Waals surface area contributed by atoms with Crippen molar-refractivity contribution >= 4 is 11.6 Å². The quantitative estimate of drug-likeness (QED) is 0.809. The lowest BCUT2D eigenvalue weighted by atomic mass is 10.1. The third-order valence-corrected chi connectivity index (χ3v) is 3.19. The summed E-state index contributed by atoms with van der Waals surface area (Å²) in [6.07, 6.45) is 0.615. The molecule has 1 unspecified atom stereocenters. The van der Waals surface area contributed by atoms with Gasteiger partial charge in [-0.3, -0.25) is 0 Å². The van der Waals surface area contributed by atoms with Crippen molar-refractivity contribution in [3.63, 3.8) is 0 Å². The zero-order chi connectivity index (χ0) is 14.5. The van der Waals surface area contributed by atoms with E-state index in [0.717, 1.165) is 5.56 Å². The zero-order valence-electron chi connectivity index (χ0n) is 11.9. The molecule has 19 heavy (non-hydrogen) atoms. The first kappa shape index (κ1) is 16.1. The fourth-order valence-electron chi connectivity index (χ4n) is 1.59. The molecule has 4 nitrogen and oxygen atoms in total. The molecule has 1 rings (SSSR count). The average Bonchev–Trinajstić information content (AvgIpc) is 2.37. The molecule has 0 heterocycles. The number of ether oxygens (including phenoxy) is 2. The molecule has 2 N–H and O–H groups in total. The average molecular weight is 288 g/mol. The molecule has 0 amide bonds. The van der Waals surface area contributed by atoms with E-state index >= 15 is 0 Å². The molecule has 0 saturated heterocycles. The van der Waals surface area contributed by atoms with Gasteiger partial charge >= 0.3 is 0 Å². The summed E-state index contributed by atoms with van der Waals surface area (Å²) in [5.41, 5.74) is 0.0421. The molecule has 0 spiro atoms. The summed E-state index contributed by atoms with van der Waals surface area (Å²) in [4.78, 5) is 0. The van der Waals surface area contributed by atoms with E-state index in [1.54, 1.807) is 20.1 Å². The third kappa shape index (κ3) is 4.56. The molecule has 0 radical (unpaired) electrons. The summed E-state index contributed by atoms with van der Waals surface area (Å²) in [5, 5.41) is 13.7. The fraction of sp³-hybridized carbons (Fsp3) is 0.571. The van der Waals surface area contributed by atoms with Gasteiger partial charge in [0.25, 0.3) is 0 Å². The second-order valence-electron chi connectivity index (χ2n) is 4.77. The first-order valence-corrected chi connectivity index (χ1v) is 6.67. The Kier molecular flexibility index (Phi) is 5.91. The lowest BCUT2D eigenvalue weighted by Crippen LogP contribution is -2.31. The summed E-state index contributed by atoms with van der Waals surface area (Å²) in [5.74, 6) is 1.19. The van der Waals surface area contributed by atoms with Crippen molar-refractivity contribution in [2.45, 2.75) is 32.4 Å². The molecule has 0 fully saturated rings. The van der Waals surface area contributed by atoms with Crippen molar-refractivity contribution in [2.75, 3.05) is 20.8 Å². The van der Waals surface area contributed by atoms with Crippen molar-refractivity contribution in [3.8, 4) is 11.5 Å². The number of hydrogen-bond donors (Lipinski definition) is 2. The fourth-order valence-corrected chi connectivity index (χ4v) is 1.82. The predicted molar refractivity (Wildman–Crippen MR) is 77.2 cm³/mol. The Morgan fingerprint density at radius 3 is 2.63 bits per heavy atom. The highest BCUT2D eigenvalue weighted by molar-refractivity contribution is 6.30. The van der Waals surface area contributed by atoms with E-state index in [-0.39, 0.29) is 6.61 Å². The highest BCUT2D eigenvalue weighted by Gasteiger charge is 2.21. The molecule has 5 heteroatoms. The molecule has 0 aliphatic heterocycles. The van der Waals surface area contributed by atoms with Crippen molar-refractivity contribution in [1.82, 2.24) is 5.32 Å². The summed E-state index contributed by atoms with van der Waals surface area (Å²) in [6, 6.07) is 3.53. The van der Waals surface area contributed by atoms with Gasteiger partial charge in [0.2, 0.25) is 0 Å². The molecule has 1 aromatic rings. The Morgan fingerprint density at radius 2 is 2.11 bits per heavy atom. The Morgan fingerprint density at radius 1 is 1.42 bits per heavy atom. The number of rotatable bonds is 7. The lowest BCUT2D eigenvalue weighted by Gasteiger charge is -2.23. The van der Waals surface area contributed by atoms with Crippen molar-refractivity contribution in [2.24, 2.45) is 0 Å². The Bertz CT molecular complexity index is 421. The van der Waals surface area contributed by atoms with Gasteiger partial charge in [0.15, 0.2) is 11.5 Å². The van der Waals surface area contributed by atoms with Gasteiger partial charge in [-0.1, -0.05) is 18.5 Å². The first-order chi connectivity index (χ1) is 8.93. The second-order valence-corrected chi connectivity index (χ2v) is 5.20. The number of aliphatic hydroxyl groups is 1. The standard InChI is InChI=1S/C14H22ClNO3/c1-5-14(2,17)9-19-13-10(8-16-3)6-11(15)7-12(13)18-4/h6-7,16-17H,5,8-9H2,1-4H3. The topological polar surface area (TPSA) is 50.7 Å². The molecule has 0 aromatic heterocycles. The van der Waals surface area contributed by atoms with Gasteiger partial charge < -0.3 is 19.9 Å². The monoisotopic (exact) mass is 287 g/mol. The summed E-state index contributed by atoms with van der Waals surface area (Å²) in [7, 11) is 3.42. The Balaban J connectivity index is 3.02. The number of nitrogens with one attached hydrogen (secondary N) is 1. The summed E-state index contributed by atoms with van der Waals surface area (Å²) >= 11 is 6.04. The zero-order valence-corrected chi connectivity index (χ0v) is 12.7. The minimum atomic E-state index is -0.860. The van der Waals surface area contributed by atoms with Gasteiger partial charge in [-0.05, 0) is 26.5 Å². The number of benzene rings is 1. The Hall–Kier alpha value is -0.970. The van der Waals surface area contributed by atoms with Crippen LogP contribution in [0.25, 0.3) is 0 Å². The van der Waals surface area contributed by atoms with Crippen LogP contribution in [0.2, 0.25) is 5.02 Å². The number of halogens is 1. The van der Waals surface area contributed by atoms with Gasteiger partial charge in [0, 0.05) is 23.2 Å². The predicted octanol–water partition coefficient (Wildman–Crippen LogP) is 2.61. The van der Waals surface area contributed by atoms with E-state index in [1.165, 1.54) is 0 Å². The second kappa shape index (κ2) is 6.98. The normalized spacial score (nSPS) is 14.0. The van der Waals surface area contributed by atoms with Gasteiger partial charge in [0.1, 0.15) is 6.61 Å². The van der Waals surface area contributed by atoms with Crippen LogP contribution in [0.4, 0.5) is 0 Å². The van der Waals surface area contributed by atoms with Crippen LogP contribution < -0.4 is 14.8 Å². The molecule has 0 bridgehead atoms. The largest absolute Gasteiger partial charge is 0.493 e. The number of hydrogen-bond acceptors (Lipinski definition) is 4. The van der Waals surface area contributed by atoms with E-state index in [4.69, 9.17) is 21.1 Å². The van der Waals surface area contributed by atoms with Crippen LogP contribution in [-0.2, 0) is 6.54 Å². The van der Waals surface area contributed by atoms with Crippen LogP contribution in [0.3, 0.4) is 0 Å². The highest BCUT2D eigenvalue weighted by atomic mass is 35.5. The maximum absolute atomic E-state index is 10.0. The minimum absolute atomic E-state index is 0.207. The molecule has 1 aromatic carbocycles. The molecule has 1 atom stereocenters. The van der Waals surface area contributed by atoms with Crippen LogP contribution in [0.5, 0.6) is 11.5 Å². The third-order valence-electron chi connectivity index (χ3n) is 2.97. The summed E-state index contributed by atoms with van der Waals surface area (Å²) in [6.45, 7) is 4.48. The van der Waals surface area contributed by atoms with Crippen LogP contribution in [-0.4, -0.2) is 31.5 Å². The van der Waals surface area contributed by atoms with Crippen molar-refractivity contribution in [3.05, 3.63) is 22.7 Å². The maximum Gasteiger partial charge on any atom is 0.165 e. The van der Waals surface area contributed by atoms with E-state index in [9.17, 15) is 5.11 Å². The van der Waals surface area contributed by atoms with E-state index in [0.29, 0.717) is 29.5 Å². The van der Waals surface area contributed by atoms with E-state index < -0.39 is 5.60 Å². The maximum atomic E-state index is 10.0. The Labute approximate surface area is 119 Å². The molecule has 0 aliphatic rings. The van der Waals surface area contributed by atoms with Gasteiger partial charge in [-0.2, -0.15) is 0 Å². The van der Waals surface area contributed by atoms with Gasteiger partial charge in [-0.15, -0.1) is 0 Å². The summed E-state index contributed by atoms with van der Waals surface area (Å²) < 4.78 is 11.0. The van der Waals surface area contributed by atoms with Crippen molar-refractivity contribution < 1.29 is 14.6 Å². The molecular weight excluding hydrogens is 266 g/mol. The smallest absolute Gasteiger partial charge is 0.165 e. The van der Waals surface area contributed by atoms with Crippen LogP contribution in [0.15, 0.2) is 12.1 Å². The molecule has 0 aliphatic carbocycles. The van der Waals surface area contributed by atoms with Crippen LogP contribution >= 0.6 is 11.6 Å².